The Kier molecular flexibility index (Phi) is 11.5. The van der Waals surface area contributed by atoms with Gasteiger partial charge in [0.15, 0.2) is 23.4 Å². The molecule has 11 N–H and O–H groups in total. The third-order valence-corrected chi connectivity index (χ3v) is 8.85. The van der Waals surface area contributed by atoms with E-state index in [2.05, 4.69) is 0 Å². The van der Waals surface area contributed by atoms with Crippen molar-refractivity contribution in [2.24, 2.45) is 0 Å². The van der Waals surface area contributed by atoms with Crippen LogP contribution in [0.4, 0.5) is 0 Å². The van der Waals surface area contributed by atoms with Crippen molar-refractivity contribution in [2.75, 3.05) is 13.2 Å². The number of hydrogen-bond acceptors (Lipinski definition) is 19. The average Bonchev–Trinajstić information content (AvgIpc) is 3.15. The zero-order valence-corrected chi connectivity index (χ0v) is 28.2. The lowest BCUT2D eigenvalue weighted by molar-refractivity contribution is -0.281. The van der Waals surface area contributed by atoms with E-state index in [0.29, 0.717) is 5.56 Å². The number of aromatic hydroxyl groups is 4. The highest BCUT2D eigenvalue weighted by atomic mass is 16.7. The molecule has 0 spiro atoms. The number of aliphatic hydroxyl groups excluding tert-OH is 7. The van der Waals surface area contributed by atoms with Gasteiger partial charge >= 0.3 is 5.97 Å². The third-order valence-electron chi connectivity index (χ3n) is 8.85. The lowest BCUT2D eigenvalue weighted by atomic mass is 9.99. The number of benzene rings is 3. The second kappa shape index (κ2) is 16.1. The summed E-state index contributed by atoms with van der Waals surface area (Å²) in [5.74, 6) is -4.68. The van der Waals surface area contributed by atoms with E-state index in [1.165, 1.54) is 36.4 Å². The van der Waals surface area contributed by atoms with Gasteiger partial charge in [-0.05, 0) is 42.0 Å². The van der Waals surface area contributed by atoms with Crippen LogP contribution in [-0.4, -0.2) is 137 Å². The molecule has 19 heteroatoms. The zero-order chi connectivity index (χ0) is 39.7. The molecule has 2 aliphatic rings. The predicted molar refractivity (Wildman–Crippen MR) is 183 cm³/mol. The summed E-state index contributed by atoms with van der Waals surface area (Å²) in [5.41, 5.74) is -1.14. The molecule has 55 heavy (non-hydrogen) atoms. The van der Waals surface area contributed by atoms with Crippen molar-refractivity contribution in [3.8, 4) is 45.8 Å². The van der Waals surface area contributed by atoms with Gasteiger partial charge in [-0.1, -0.05) is 12.1 Å². The number of esters is 1. The van der Waals surface area contributed by atoms with Crippen LogP contribution < -0.4 is 14.9 Å². The quantitative estimate of drug-likeness (QED) is 0.0673. The summed E-state index contributed by atoms with van der Waals surface area (Å²) in [6.07, 6.45) is -15.2. The molecular formula is C36H36O19. The monoisotopic (exact) mass is 772 g/mol. The number of rotatable bonds is 10. The Balaban J connectivity index is 1.37. The minimum Gasteiger partial charge on any atom is -0.508 e. The Hall–Kier alpha value is -5.48. The van der Waals surface area contributed by atoms with E-state index in [-0.39, 0.29) is 22.6 Å². The lowest BCUT2D eigenvalue weighted by Gasteiger charge is -2.41. The van der Waals surface area contributed by atoms with Crippen molar-refractivity contribution < 1.29 is 89.1 Å². The van der Waals surface area contributed by atoms with E-state index in [4.69, 9.17) is 28.1 Å². The van der Waals surface area contributed by atoms with Gasteiger partial charge in [-0.2, -0.15) is 0 Å². The van der Waals surface area contributed by atoms with Crippen LogP contribution in [0.5, 0.6) is 34.5 Å². The number of phenolic OH excluding ortho intramolecular Hbond substituents is 4. The maximum Gasteiger partial charge on any atom is 0.331 e. The number of aliphatic hydroxyl groups is 7. The van der Waals surface area contributed by atoms with Gasteiger partial charge in [0, 0.05) is 23.8 Å². The van der Waals surface area contributed by atoms with E-state index in [0.717, 1.165) is 30.3 Å². The first kappa shape index (κ1) is 39.2. The Bertz CT molecular complexity index is 2100. The first-order chi connectivity index (χ1) is 26.2. The topological polar surface area (TPSA) is 316 Å². The second-order valence-electron chi connectivity index (χ2n) is 12.6. The maximum atomic E-state index is 14.0. The highest BCUT2D eigenvalue weighted by Gasteiger charge is 2.49. The molecule has 3 heterocycles. The number of fused-ring (bicyclic) bond motifs is 1. The van der Waals surface area contributed by atoms with Gasteiger partial charge in [0.2, 0.25) is 23.8 Å². The Labute approximate surface area is 308 Å². The van der Waals surface area contributed by atoms with Crippen molar-refractivity contribution in [3.05, 3.63) is 76.5 Å². The molecule has 0 saturated carbocycles. The Morgan fingerprint density at radius 3 is 2.02 bits per heavy atom. The molecule has 0 bridgehead atoms. The molecule has 2 aliphatic heterocycles. The normalized spacial score (nSPS) is 28.3. The molecule has 294 valence electrons. The standard InChI is InChI=1S/C36H36O19/c37-12-22-26(44)29(47)31(49)35(52-22)51-20-7-4-15(9-18(20)41)32-33(28(46)25-19(42)10-17(40)11-21(25)50-32)55-36-34(30(48)27(45)23(13-38)53-36)54-24(43)8-3-14-1-5-16(39)6-2-14/h1-11,22-23,26-27,29-31,34-42,44-45,47-49H,12-13H2. The van der Waals surface area contributed by atoms with Gasteiger partial charge in [0.1, 0.15) is 70.9 Å². The van der Waals surface area contributed by atoms with Crippen LogP contribution >= 0.6 is 0 Å². The molecule has 0 amide bonds. The average molecular weight is 773 g/mol. The van der Waals surface area contributed by atoms with Crippen molar-refractivity contribution in [2.45, 2.75) is 61.4 Å². The SMILES string of the molecule is O=C(C=Cc1ccc(O)cc1)OC1C(Oc2c(-c3ccc(OC4OC(CO)C(O)C(O)C4O)c(O)c3)oc3cc(O)cc(O)c3c2=O)OC(CO)C(O)C1O. The molecule has 4 aromatic rings. The minimum absolute atomic E-state index is 0.0233. The van der Waals surface area contributed by atoms with Gasteiger partial charge in [-0.15, -0.1) is 0 Å². The van der Waals surface area contributed by atoms with Crippen LogP contribution in [0, 0.1) is 0 Å². The predicted octanol–water partition coefficient (Wildman–Crippen LogP) is -1.10. The Morgan fingerprint density at radius 1 is 0.709 bits per heavy atom. The fourth-order valence-electron chi connectivity index (χ4n) is 5.93. The summed E-state index contributed by atoms with van der Waals surface area (Å²) < 4.78 is 33.6. The summed E-state index contributed by atoms with van der Waals surface area (Å²) in [5, 5.41) is 112. The van der Waals surface area contributed by atoms with Gasteiger partial charge < -0.3 is 84.3 Å². The summed E-state index contributed by atoms with van der Waals surface area (Å²) in [7, 11) is 0. The largest absolute Gasteiger partial charge is 0.508 e. The number of phenols is 4. The maximum absolute atomic E-state index is 14.0. The minimum atomic E-state index is -1.97. The fraction of sp³-hybridized carbons (Fsp3) is 0.333. The highest BCUT2D eigenvalue weighted by molar-refractivity contribution is 5.89. The van der Waals surface area contributed by atoms with E-state index < -0.39 is 120 Å². The summed E-state index contributed by atoms with van der Waals surface area (Å²) in [4.78, 5) is 26.9. The summed E-state index contributed by atoms with van der Waals surface area (Å²) in [6.45, 7) is -1.62. The lowest BCUT2D eigenvalue weighted by Crippen LogP contribution is -2.61. The van der Waals surface area contributed by atoms with Gasteiger partial charge in [-0.25, -0.2) is 4.79 Å². The van der Waals surface area contributed by atoms with Crippen molar-refractivity contribution in [1.82, 2.24) is 0 Å². The van der Waals surface area contributed by atoms with Gasteiger partial charge in [-0.3, -0.25) is 4.79 Å². The van der Waals surface area contributed by atoms with Crippen LogP contribution in [0.25, 0.3) is 28.4 Å². The number of hydrogen-bond donors (Lipinski definition) is 11. The van der Waals surface area contributed by atoms with E-state index in [9.17, 15) is 65.8 Å². The third kappa shape index (κ3) is 8.01. The summed E-state index contributed by atoms with van der Waals surface area (Å²) >= 11 is 0. The smallest absolute Gasteiger partial charge is 0.331 e. The number of carbonyl (C=O) groups is 1. The molecule has 19 nitrogen and oxygen atoms in total. The first-order valence-electron chi connectivity index (χ1n) is 16.5. The van der Waals surface area contributed by atoms with Gasteiger partial charge in [0.05, 0.1) is 13.2 Å². The second-order valence-corrected chi connectivity index (χ2v) is 12.6. The fourth-order valence-corrected chi connectivity index (χ4v) is 5.93. The number of carbonyl (C=O) groups excluding carboxylic acids is 1. The molecule has 6 rings (SSSR count). The van der Waals surface area contributed by atoms with E-state index >= 15 is 0 Å². The van der Waals surface area contributed by atoms with Gasteiger partial charge in [0.25, 0.3) is 0 Å². The van der Waals surface area contributed by atoms with Crippen molar-refractivity contribution in [3.63, 3.8) is 0 Å². The molecule has 10 unspecified atom stereocenters. The molecule has 2 fully saturated rings. The molecule has 0 radical (unpaired) electrons. The molecule has 1 aromatic heterocycles. The Morgan fingerprint density at radius 2 is 1.36 bits per heavy atom. The van der Waals surface area contributed by atoms with Crippen LogP contribution in [0.15, 0.2) is 69.9 Å². The van der Waals surface area contributed by atoms with Crippen molar-refractivity contribution >= 4 is 23.0 Å². The molecule has 2 saturated heterocycles. The molecule has 0 aliphatic carbocycles. The van der Waals surface area contributed by atoms with E-state index in [1.807, 2.05) is 0 Å². The summed E-state index contributed by atoms with van der Waals surface area (Å²) in [6, 6.07) is 10.8. The van der Waals surface area contributed by atoms with E-state index in [1.54, 1.807) is 0 Å². The van der Waals surface area contributed by atoms with Crippen LogP contribution in [0.3, 0.4) is 0 Å². The molecule has 10 atom stereocenters. The van der Waals surface area contributed by atoms with Crippen LogP contribution in [-0.2, 0) is 19.0 Å². The van der Waals surface area contributed by atoms with Crippen LogP contribution in [0.1, 0.15) is 5.56 Å². The van der Waals surface area contributed by atoms with Crippen LogP contribution in [0.2, 0.25) is 0 Å². The number of ether oxygens (including phenoxy) is 5. The molecule has 3 aromatic carbocycles. The molecular weight excluding hydrogens is 736 g/mol. The first-order valence-corrected chi connectivity index (χ1v) is 16.5. The highest BCUT2D eigenvalue weighted by Crippen LogP contribution is 2.40. The van der Waals surface area contributed by atoms with Crippen molar-refractivity contribution in [1.29, 1.82) is 0 Å². The zero-order valence-electron chi connectivity index (χ0n) is 28.2.